The molecule has 126 valence electrons. The SMILES string of the molecule is CCCCCN(CC(NCCC)C1CCCCC1)C(C)C. The third-order valence-corrected chi connectivity index (χ3v) is 5.09. The van der Waals surface area contributed by atoms with Gasteiger partial charge in [-0.05, 0) is 58.5 Å². The number of rotatable bonds is 11. The van der Waals surface area contributed by atoms with Crippen LogP contribution in [-0.2, 0) is 0 Å². The van der Waals surface area contributed by atoms with Crippen LogP contribution in [0.2, 0.25) is 0 Å². The maximum absolute atomic E-state index is 3.87. The average Bonchev–Trinajstić information content (AvgIpc) is 2.50. The largest absolute Gasteiger partial charge is 0.312 e. The molecular formula is C19H40N2. The molecular weight excluding hydrogens is 256 g/mol. The van der Waals surface area contributed by atoms with Gasteiger partial charge >= 0.3 is 0 Å². The summed E-state index contributed by atoms with van der Waals surface area (Å²) < 4.78 is 0. The van der Waals surface area contributed by atoms with E-state index in [1.54, 1.807) is 0 Å². The lowest BCUT2D eigenvalue weighted by atomic mass is 9.83. The predicted molar refractivity (Wildman–Crippen MR) is 94.9 cm³/mol. The van der Waals surface area contributed by atoms with Crippen LogP contribution in [0.25, 0.3) is 0 Å². The number of hydrogen-bond acceptors (Lipinski definition) is 2. The van der Waals surface area contributed by atoms with Crippen LogP contribution in [-0.4, -0.2) is 36.6 Å². The fraction of sp³-hybridized carbons (Fsp3) is 1.00. The second-order valence-electron chi connectivity index (χ2n) is 7.25. The minimum atomic E-state index is 0.677. The zero-order valence-corrected chi connectivity index (χ0v) is 15.2. The van der Waals surface area contributed by atoms with Gasteiger partial charge in [0.25, 0.3) is 0 Å². The monoisotopic (exact) mass is 296 g/mol. The van der Waals surface area contributed by atoms with Crippen LogP contribution in [0.5, 0.6) is 0 Å². The van der Waals surface area contributed by atoms with Gasteiger partial charge in [0.15, 0.2) is 0 Å². The number of hydrogen-bond donors (Lipinski definition) is 1. The summed E-state index contributed by atoms with van der Waals surface area (Å²) in [6, 6.07) is 1.39. The summed E-state index contributed by atoms with van der Waals surface area (Å²) in [5.74, 6) is 0.915. The van der Waals surface area contributed by atoms with Crippen molar-refractivity contribution in [2.75, 3.05) is 19.6 Å². The average molecular weight is 297 g/mol. The van der Waals surface area contributed by atoms with Gasteiger partial charge in [-0.2, -0.15) is 0 Å². The summed E-state index contributed by atoms with van der Waals surface area (Å²) in [5.41, 5.74) is 0. The highest BCUT2D eigenvalue weighted by Crippen LogP contribution is 2.27. The van der Waals surface area contributed by atoms with E-state index in [1.165, 1.54) is 77.4 Å². The number of nitrogens with zero attached hydrogens (tertiary/aromatic N) is 1. The first-order valence-electron chi connectivity index (χ1n) is 9.66. The molecule has 1 rings (SSSR count). The molecule has 0 radical (unpaired) electrons. The smallest absolute Gasteiger partial charge is 0.0223 e. The van der Waals surface area contributed by atoms with Crippen LogP contribution >= 0.6 is 0 Å². The fourth-order valence-electron chi connectivity index (χ4n) is 3.62. The first-order chi connectivity index (χ1) is 10.2. The van der Waals surface area contributed by atoms with Gasteiger partial charge in [0.05, 0.1) is 0 Å². The molecule has 0 amide bonds. The van der Waals surface area contributed by atoms with E-state index >= 15 is 0 Å². The topological polar surface area (TPSA) is 15.3 Å². The Morgan fingerprint density at radius 3 is 2.29 bits per heavy atom. The van der Waals surface area contributed by atoms with E-state index in [1.807, 2.05) is 0 Å². The molecule has 0 bridgehead atoms. The molecule has 0 aromatic heterocycles. The lowest BCUT2D eigenvalue weighted by Gasteiger charge is -2.37. The molecule has 0 spiro atoms. The third kappa shape index (κ3) is 7.65. The quantitative estimate of drug-likeness (QED) is 0.549. The molecule has 0 heterocycles. The molecule has 1 N–H and O–H groups in total. The Morgan fingerprint density at radius 1 is 1.00 bits per heavy atom. The second-order valence-corrected chi connectivity index (χ2v) is 7.25. The van der Waals surface area contributed by atoms with Crippen LogP contribution in [0.15, 0.2) is 0 Å². The summed E-state index contributed by atoms with van der Waals surface area (Å²) in [5, 5.41) is 3.87. The van der Waals surface area contributed by atoms with Crippen molar-refractivity contribution in [2.45, 2.75) is 97.6 Å². The van der Waals surface area contributed by atoms with Crippen molar-refractivity contribution in [3.63, 3.8) is 0 Å². The second kappa shape index (κ2) is 11.5. The Kier molecular flexibility index (Phi) is 10.4. The molecule has 1 atom stereocenters. The number of unbranched alkanes of at least 4 members (excludes halogenated alkanes) is 2. The lowest BCUT2D eigenvalue weighted by Crippen LogP contribution is -2.48. The molecule has 0 aliphatic heterocycles. The Balaban J connectivity index is 2.53. The molecule has 1 fully saturated rings. The van der Waals surface area contributed by atoms with Crippen LogP contribution in [0.1, 0.15) is 85.5 Å². The van der Waals surface area contributed by atoms with Crippen molar-refractivity contribution < 1.29 is 0 Å². The van der Waals surface area contributed by atoms with Gasteiger partial charge < -0.3 is 5.32 Å². The molecule has 21 heavy (non-hydrogen) atoms. The van der Waals surface area contributed by atoms with Crippen molar-refractivity contribution in [3.05, 3.63) is 0 Å². The van der Waals surface area contributed by atoms with Gasteiger partial charge in [-0.1, -0.05) is 46.0 Å². The standard InChI is InChI=1S/C19H40N2/c1-5-7-11-15-21(17(3)4)16-19(20-14-6-2)18-12-9-8-10-13-18/h17-20H,5-16H2,1-4H3. The molecule has 2 nitrogen and oxygen atoms in total. The normalized spacial score (nSPS) is 18.6. The highest BCUT2D eigenvalue weighted by molar-refractivity contribution is 4.83. The van der Waals surface area contributed by atoms with Crippen LogP contribution in [0, 0.1) is 5.92 Å². The van der Waals surface area contributed by atoms with E-state index in [4.69, 9.17) is 0 Å². The predicted octanol–water partition coefficient (Wildman–Crippen LogP) is 4.84. The van der Waals surface area contributed by atoms with E-state index < -0.39 is 0 Å². The van der Waals surface area contributed by atoms with E-state index in [0.717, 1.165) is 5.92 Å². The van der Waals surface area contributed by atoms with E-state index in [9.17, 15) is 0 Å². The molecule has 1 unspecified atom stereocenters. The summed E-state index contributed by atoms with van der Waals surface area (Å²) in [4.78, 5) is 2.72. The van der Waals surface area contributed by atoms with Crippen molar-refractivity contribution in [1.29, 1.82) is 0 Å². The Hall–Kier alpha value is -0.0800. The molecule has 1 aliphatic rings. The van der Waals surface area contributed by atoms with Crippen LogP contribution in [0.4, 0.5) is 0 Å². The maximum Gasteiger partial charge on any atom is 0.0223 e. The minimum absolute atomic E-state index is 0.677. The zero-order chi connectivity index (χ0) is 15.5. The van der Waals surface area contributed by atoms with Gasteiger partial charge in [0.2, 0.25) is 0 Å². The van der Waals surface area contributed by atoms with E-state index in [0.29, 0.717) is 12.1 Å². The Morgan fingerprint density at radius 2 is 1.71 bits per heavy atom. The van der Waals surface area contributed by atoms with Crippen LogP contribution < -0.4 is 5.32 Å². The Bertz CT molecular complexity index is 234. The molecule has 0 aromatic carbocycles. The summed E-state index contributed by atoms with van der Waals surface area (Å²) in [6.45, 7) is 13.0. The van der Waals surface area contributed by atoms with Crippen molar-refractivity contribution in [1.82, 2.24) is 10.2 Å². The van der Waals surface area contributed by atoms with Gasteiger partial charge in [-0.15, -0.1) is 0 Å². The Labute approximate surface area is 134 Å². The highest BCUT2D eigenvalue weighted by Gasteiger charge is 2.25. The highest BCUT2D eigenvalue weighted by atomic mass is 15.2. The van der Waals surface area contributed by atoms with E-state index in [-0.39, 0.29) is 0 Å². The van der Waals surface area contributed by atoms with Crippen molar-refractivity contribution in [3.8, 4) is 0 Å². The first kappa shape index (κ1) is 19.0. The van der Waals surface area contributed by atoms with Crippen LogP contribution in [0.3, 0.4) is 0 Å². The number of nitrogens with one attached hydrogen (secondary N) is 1. The minimum Gasteiger partial charge on any atom is -0.312 e. The first-order valence-corrected chi connectivity index (χ1v) is 9.66. The summed E-state index contributed by atoms with van der Waals surface area (Å²) in [7, 11) is 0. The van der Waals surface area contributed by atoms with Gasteiger partial charge in [-0.3, -0.25) is 4.90 Å². The fourth-order valence-corrected chi connectivity index (χ4v) is 3.62. The van der Waals surface area contributed by atoms with Crippen molar-refractivity contribution in [2.24, 2.45) is 5.92 Å². The molecule has 2 heteroatoms. The molecule has 1 saturated carbocycles. The third-order valence-electron chi connectivity index (χ3n) is 5.09. The summed E-state index contributed by atoms with van der Waals surface area (Å²) in [6.07, 6.45) is 12.6. The molecule has 0 aromatic rings. The maximum atomic E-state index is 3.87. The molecule has 1 aliphatic carbocycles. The molecule has 0 saturated heterocycles. The lowest BCUT2D eigenvalue weighted by molar-refractivity contribution is 0.154. The summed E-state index contributed by atoms with van der Waals surface area (Å²) >= 11 is 0. The van der Waals surface area contributed by atoms with Gasteiger partial charge in [-0.25, -0.2) is 0 Å². The van der Waals surface area contributed by atoms with Gasteiger partial charge in [0, 0.05) is 18.6 Å². The zero-order valence-electron chi connectivity index (χ0n) is 15.2. The van der Waals surface area contributed by atoms with Crippen molar-refractivity contribution >= 4 is 0 Å². The van der Waals surface area contributed by atoms with E-state index in [2.05, 4.69) is 37.9 Å². The van der Waals surface area contributed by atoms with Gasteiger partial charge in [0.1, 0.15) is 0 Å².